The van der Waals surface area contributed by atoms with E-state index in [1.54, 1.807) is 7.11 Å². The van der Waals surface area contributed by atoms with Crippen LogP contribution in [-0.4, -0.2) is 31.1 Å². The average molecular weight is 227 g/mol. The Labute approximate surface area is 94.8 Å². The zero-order chi connectivity index (χ0) is 10.8. The minimum atomic E-state index is 0.329. The van der Waals surface area contributed by atoms with Crippen LogP contribution in [0.5, 0.6) is 5.75 Å². The maximum Gasteiger partial charge on any atom is 0.123 e. The van der Waals surface area contributed by atoms with Crippen LogP contribution < -0.4 is 10.5 Å². The molecule has 0 aliphatic carbocycles. The predicted octanol–water partition coefficient (Wildman–Crippen LogP) is 1.49. The molecule has 0 spiro atoms. The fraction of sp³-hybridized carbons (Fsp3) is 0.455. The van der Waals surface area contributed by atoms with Gasteiger partial charge in [0.2, 0.25) is 0 Å². The van der Waals surface area contributed by atoms with Gasteiger partial charge in [-0.1, -0.05) is 11.6 Å². The van der Waals surface area contributed by atoms with Crippen LogP contribution in [0.25, 0.3) is 0 Å². The Morgan fingerprint density at radius 2 is 2.27 bits per heavy atom. The van der Waals surface area contributed by atoms with Crippen LogP contribution in [0, 0.1) is 0 Å². The molecule has 1 aliphatic rings. The first-order valence-corrected chi connectivity index (χ1v) is 5.37. The lowest BCUT2D eigenvalue weighted by atomic mass is 10.1. The van der Waals surface area contributed by atoms with E-state index in [0.717, 1.165) is 36.0 Å². The zero-order valence-corrected chi connectivity index (χ0v) is 9.50. The van der Waals surface area contributed by atoms with Gasteiger partial charge in [0, 0.05) is 36.3 Å². The van der Waals surface area contributed by atoms with Crippen molar-refractivity contribution in [2.75, 3.05) is 20.2 Å². The summed E-state index contributed by atoms with van der Waals surface area (Å²) in [5.41, 5.74) is 6.85. The van der Waals surface area contributed by atoms with Crippen molar-refractivity contribution in [1.29, 1.82) is 0 Å². The third-order valence-electron chi connectivity index (χ3n) is 2.62. The summed E-state index contributed by atoms with van der Waals surface area (Å²) < 4.78 is 5.28. The largest absolute Gasteiger partial charge is 0.496 e. The van der Waals surface area contributed by atoms with Gasteiger partial charge in [-0.15, -0.1) is 0 Å². The number of benzene rings is 1. The summed E-state index contributed by atoms with van der Waals surface area (Å²) >= 11 is 5.95. The number of rotatable bonds is 3. The summed E-state index contributed by atoms with van der Waals surface area (Å²) in [6.45, 7) is 2.77. The van der Waals surface area contributed by atoms with E-state index in [0.29, 0.717) is 6.04 Å². The predicted molar refractivity (Wildman–Crippen MR) is 61.3 cm³/mol. The summed E-state index contributed by atoms with van der Waals surface area (Å²) in [5, 5.41) is 0.746. The molecule has 15 heavy (non-hydrogen) atoms. The number of hydrogen-bond acceptors (Lipinski definition) is 3. The van der Waals surface area contributed by atoms with Crippen LogP contribution in [0.2, 0.25) is 5.02 Å². The first-order valence-electron chi connectivity index (χ1n) is 4.99. The van der Waals surface area contributed by atoms with Crippen LogP contribution in [0.3, 0.4) is 0 Å². The Morgan fingerprint density at radius 1 is 1.53 bits per heavy atom. The highest BCUT2D eigenvalue weighted by Gasteiger charge is 2.23. The second-order valence-corrected chi connectivity index (χ2v) is 4.35. The van der Waals surface area contributed by atoms with Gasteiger partial charge in [0.15, 0.2) is 0 Å². The van der Waals surface area contributed by atoms with Crippen molar-refractivity contribution < 1.29 is 4.74 Å². The molecule has 1 saturated heterocycles. The van der Waals surface area contributed by atoms with E-state index in [9.17, 15) is 0 Å². The molecule has 0 unspecified atom stereocenters. The minimum Gasteiger partial charge on any atom is -0.496 e. The monoisotopic (exact) mass is 226 g/mol. The zero-order valence-electron chi connectivity index (χ0n) is 8.74. The van der Waals surface area contributed by atoms with Crippen molar-refractivity contribution in [3.05, 3.63) is 28.8 Å². The van der Waals surface area contributed by atoms with Crippen molar-refractivity contribution >= 4 is 11.6 Å². The van der Waals surface area contributed by atoms with Gasteiger partial charge in [-0.3, -0.25) is 4.90 Å². The Hall–Kier alpha value is -0.770. The second-order valence-electron chi connectivity index (χ2n) is 3.91. The van der Waals surface area contributed by atoms with Crippen molar-refractivity contribution in [2.24, 2.45) is 5.73 Å². The van der Waals surface area contributed by atoms with Crippen LogP contribution >= 0.6 is 11.6 Å². The smallest absolute Gasteiger partial charge is 0.123 e. The molecule has 0 radical (unpaired) electrons. The topological polar surface area (TPSA) is 38.5 Å². The second kappa shape index (κ2) is 4.39. The van der Waals surface area contributed by atoms with Crippen molar-refractivity contribution in [3.8, 4) is 5.75 Å². The van der Waals surface area contributed by atoms with E-state index in [1.165, 1.54) is 0 Å². The number of likely N-dealkylation sites (tertiary alicyclic amines) is 1. The fourth-order valence-corrected chi connectivity index (χ4v) is 2.05. The molecule has 82 valence electrons. The number of methoxy groups -OCH3 is 1. The third-order valence-corrected chi connectivity index (χ3v) is 2.86. The first-order chi connectivity index (χ1) is 7.19. The van der Waals surface area contributed by atoms with Gasteiger partial charge < -0.3 is 10.5 Å². The maximum atomic E-state index is 5.95. The maximum absolute atomic E-state index is 5.95. The molecule has 0 bridgehead atoms. The number of ether oxygens (including phenoxy) is 1. The van der Waals surface area contributed by atoms with Gasteiger partial charge in [-0.05, 0) is 18.2 Å². The van der Waals surface area contributed by atoms with E-state index >= 15 is 0 Å². The standard InChI is InChI=1S/C11H15ClN2O/c1-15-11-3-2-9(12)4-8(11)5-14-6-10(13)7-14/h2-4,10H,5-7,13H2,1H3. The van der Waals surface area contributed by atoms with Gasteiger partial charge in [0.25, 0.3) is 0 Å². The lowest BCUT2D eigenvalue weighted by molar-refractivity contribution is 0.141. The molecule has 0 saturated carbocycles. The van der Waals surface area contributed by atoms with Crippen LogP contribution in [0.1, 0.15) is 5.56 Å². The molecule has 4 heteroatoms. The Balaban J connectivity index is 2.08. The molecule has 0 amide bonds. The summed E-state index contributed by atoms with van der Waals surface area (Å²) in [7, 11) is 1.68. The van der Waals surface area contributed by atoms with E-state index in [-0.39, 0.29) is 0 Å². The number of halogens is 1. The van der Waals surface area contributed by atoms with E-state index in [1.807, 2.05) is 18.2 Å². The van der Waals surface area contributed by atoms with Crippen LogP contribution in [0.4, 0.5) is 0 Å². The van der Waals surface area contributed by atoms with Crippen LogP contribution in [0.15, 0.2) is 18.2 Å². The van der Waals surface area contributed by atoms with Crippen molar-refractivity contribution in [1.82, 2.24) is 4.90 Å². The van der Waals surface area contributed by atoms with Gasteiger partial charge in [0.05, 0.1) is 7.11 Å². The first kappa shape index (κ1) is 10.7. The van der Waals surface area contributed by atoms with E-state index in [4.69, 9.17) is 22.1 Å². The quantitative estimate of drug-likeness (QED) is 0.849. The Morgan fingerprint density at radius 3 is 2.87 bits per heavy atom. The molecule has 1 aliphatic heterocycles. The highest BCUT2D eigenvalue weighted by atomic mass is 35.5. The summed E-state index contributed by atoms with van der Waals surface area (Å²) in [6, 6.07) is 6.02. The number of hydrogen-bond donors (Lipinski definition) is 1. The Bertz CT molecular complexity index is 350. The minimum absolute atomic E-state index is 0.329. The molecule has 1 fully saturated rings. The molecule has 0 aromatic heterocycles. The van der Waals surface area contributed by atoms with Gasteiger partial charge in [-0.2, -0.15) is 0 Å². The van der Waals surface area contributed by atoms with Crippen molar-refractivity contribution in [3.63, 3.8) is 0 Å². The lowest BCUT2D eigenvalue weighted by Gasteiger charge is -2.37. The van der Waals surface area contributed by atoms with Gasteiger partial charge >= 0.3 is 0 Å². The fourth-order valence-electron chi connectivity index (χ4n) is 1.85. The van der Waals surface area contributed by atoms with Gasteiger partial charge in [0.1, 0.15) is 5.75 Å². The van der Waals surface area contributed by atoms with Crippen LogP contribution in [-0.2, 0) is 6.54 Å². The molecular formula is C11H15ClN2O. The van der Waals surface area contributed by atoms with Gasteiger partial charge in [-0.25, -0.2) is 0 Å². The molecule has 2 N–H and O–H groups in total. The third kappa shape index (κ3) is 2.43. The number of nitrogens with zero attached hydrogens (tertiary/aromatic N) is 1. The average Bonchev–Trinajstić information content (AvgIpc) is 2.16. The van der Waals surface area contributed by atoms with Crippen molar-refractivity contribution in [2.45, 2.75) is 12.6 Å². The normalized spacial score (nSPS) is 17.5. The Kier molecular flexibility index (Phi) is 3.14. The highest BCUT2D eigenvalue weighted by molar-refractivity contribution is 6.30. The van der Waals surface area contributed by atoms with E-state index < -0.39 is 0 Å². The highest BCUT2D eigenvalue weighted by Crippen LogP contribution is 2.25. The molecule has 0 atom stereocenters. The molecule has 3 nitrogen and oxygen atoms in total. The summed E-state index contributed by atoms with van der Waals surface area (Å²) in [4.78, 5) is 2.28. The molecular weight excluding hydrogens is 212 g/mol. The molecule has 1 aromatic rings. The summed E-state index contributed by atoms with van der Waals surface area (Å²) in [6.07, 6.45) is 0. The molecule has 2 rings (SSSR count). The SMILES string of the molecule is COc1ccc(Cl)cc1CN1CC(N)C1. The molecule has 1 aromatic carbocycles. The lowest BCUT2D eigenvalue weighted by Crippen LogP contribution is -2.54. The van der Waals surface area contributed by atoms with E-state index in [2.05, 4.69) is 4.90 Å². The molecule has 1 heterocycles. The number of nitrogens with two attached hydrogens (primary N) is 1. The summed E-state index contributed by atoms with van der Waals surface area (Å²) in [5.74, 6) is 0.889.